The van der Waals surface area contributed by atoms with Crippen LogP contribution in [0.2, 0.25) is 0 Å². The van der Waals surface area contributed by atoms with Crippen LogP contribution in [0.25, 0.3) is 0 Å². The van der Waals surface area contributed by atoms with Gasteiger partial charge in [0.1, 0.15) is 6.10 Å². The van der Waals surface area contributed by atoms with Gasteiger partial charge in [0.2, 0.25) is 0 Å². The van der Waals surface area contributed by atoms with Crippen molar-refractivity contribution in [2.45, 2.75) is 76.9 Å². The van der Waals surface area contributed by atoms with Crippen LogP contribution in [-0.4, -0.2) is 39.4 Å². The van der Waals surface area contributed by atoms with Crippen LogP contribution in [0.15, 0.2) is 11.6 Å². The first kappa shape index (κ1) is 17.7. The molecule has 0 aromatic rings. The van der Waals surface area contributed by atoms with Crippen LogP contribution >= 0.6 is 0 Å². The molecule has 0 spiro atoms. The van der Waals surface area contributed by atoms with E-state index in [2.05, 4.69) is 13.8 Å². The fraction of sp³-hybridized carbons (Fsp3) is 0.857. The molecule has 3 N–H and O–H groups in total. The van der Waals surface area contributed by atoms with Crippen molar-refractivity contribution in [2.24, 2.45) is 28.6 Å². The van der Waals surface area contributed by atoms with E-state index in [1.54, 1.807) is 0 Å². The van der Waals surface area contributed by atoms with Crippen LogP contribution in [0, 0.1) is 28.6 Å². The highest BCUT2D eigenvalue weighted by Gasteiger charge is 2.65. The number of aliphatic hydroxyl groups excluding tert-OH is 2. The minimum absolute atomic E-state index is 0.133. The molecular formula is C21H32O4. The molecule has 4 aliphatic rings. The van der Waals surface area contributed by atoms with Gasteiger partial charge in [-0.15, -0.1) is 0 Å². The zero-order chi connectivity index (χ0) is 18.0. The zero-order valence-corrected chi connectivity index (χ0v) is 15.5. The van der Waals surface area contributed by atoms with Gasteiger partial charge in [0.25, 0.3) is 0 Å². The van der Waals surface area contributed by atoms with E-state index in [4.69, 9.17) is 0 Å². The lowest BCUT2D eigenvalue weighted by Crippen LogP contribution is -2.59. The standard InChI is InChI=1S/C21H32O4/c1-19-8-5-14(23)11-13(19)3-4-15-16(19)6-9-20(2)17(15)7-10-21(20,25)18(24)12-22/h11,15-18,22,24-25H,3-10,12H2,1-2H3/t15-,16+,17+,18-,19-,20+,21+/m0/s1. The Morgan fingerprint density at radius 2 is 1.84 bits per heavy atom. The van der Waals surface area contributed by atoms with Gasteiger partial charge in [-0.2, -0.15) is 0 Å². The molecule has 0 aromatic heterocycles. The Balaban J connectivity index is 1.67. The Labute approximate surface area is 150 Å². The maximum absolute atomic E-state index is 11.9. The van der Waals surface area contributed by atoms with E-state index in [0.29, 0.717) is 30.6 Å². The summed E-state index contributed by atoms with van der Waals surface area (Å²) in [7, 11) is 0. The highest BCUT2D eigenvalue weighted by molar-refractivity contribution is 5.91. The highest BCUT2D eigenvalue weighted by Crippen LogP contribution is 2.67. The van der Waals surface area contributed by atoms with Gasteiger partial charge in [-0.1, -0.05) is 19.4 Å². The molecule has 3 saturated carbocycles. The van der Waals surface area contributed by atoms with E-state index >= 15 is 0 Å². The van der Waals surface area contributed by atoms with Gasteiger partial charge in [-0.3, -0.25) is 4.79 Å². The van der Waals surface area contributed by atoms with Crippen molar-refractivity contribution >= 4 is 5.78 Å². The van der Waals surface area contributed by atoms with Crippen molar-refractivity contribution in [3.63, 3.8) is 0 Å². The summed E-state index contributed by atoms with van der Waals surface area (Å²) in [6.07, 6.45) is 8.03. The topological polar surface area (TPSA) is 77.8 Å². The number of rotatable bonds is 2. The van der Waals surface area contributed by atoms with Crippen LogP contribution in [0.1, 0.15) is 65.2 Å². The predicted octanol–water partition coefficient (Wildman–Crippen LogP) is 2.60. The Kier molecular flexibility index (Phi) is 3.99. The zero-order valence-electron chi connectivity index (χ0n) is 15.5. The van der Waals surface area contributed by atoms with Crippen LogP contribution in [0.4, 0.5) is 0 Å². The molecule has 0 bridgehead atoms. The molecule has 3 fully saturated rings. The van der Waals surface area contributed by atoms with Gasteiger partial charge in [-0.25, -0.2) is 0 Å². The number of carbonyl (C=O) groups is 1. The first-order valence-corrected chi connectivity index (χ1v) is 10.0. The summed E-state index contributed by atoms with van der Waals surface area (Å²) in [6.45, 7) is 4.12. The molecule has 0 aromatic carbocycles. The lowest BCUT2D eigenvalue weighted by Gasteiger charge is -2.59. The molecule has 140 valence electrons. The van der Waals surface area contributed by atoms with Crippen molar-refractivity contribution in [1.82, 2.24) is 0 Å². The minimum Gasteiger partial charge on any atom is -0.394 e. The van der Waals surface area contributed by atoms with Crippen LogP contribution < -0.4 is 0 Å². The molecular weight excluding hydrogens is 316 g/mol. The third-order valence-corrected chi connectivity index (χ3v) is 8.90. The SMILES string of the molecule is C[C@]12CCC(=O)C=C1CC[C@H]1[C@H]2CC[C@]2(C)[C@@H]1CC[C@@]2(O)[C@@H](O)CO. The number of hydrogen-bond donors (Lipinski definition) is 3. The van der Waals surface area contributed by atoms with Crippen molar-refractivity contribution in [1.29, 1.82) is 0 Å². The molecule has 4 heteroatoms. The molecule has 0 unspecified atom stereocenters. The molecule has 7 atom stereocenters. The Morgan fingerprint density at radius 3 is 2.56 bits per heavy atom. The number of hydrogen-bond acceptors (Lipinski definition) is 4. The normalized spacial score (nSPS) is 50.5. The summed E-state index contributed by atoms with van der Waals surface area (Å²) in [5, 5.41) is 31.1. The molecule has 4 nitrogen and oxygen atoms in total. The molecule has 4 rings (SSSR count). The fourth-order valence-corrected chi connectivity index (χ4v) is 7.31. The quantitative estimate of drug-likeness (QED) is 0.717. The number of carbonyl (C=O) groups excluding carboxylic acids is 1. The maximum Gasteiger partial charge on any atom is 0.155 e. The fourth-order valence-electron chi connectivity index (χ4n) is 7.31. The molecule has 25 heavy (non-hydrogen) atoms. The number of aliphatic hydroxyl groups is 3. The van der Waals surface area contributed by atoms with Gasteiger partial charge in [-0.05, 0) is 74.2 Å². The monoisotopic (exact) mass is 348 g/mol. The molecule has 0 radical (unpaired) electrons. The van der Waals surface area contributed by atoms with Gasteiger partial charge in [0, 0.05) is 11.8 Å². The number of ketones is 1. The maximum atomic E-state index is 11.9. The molecule has 0 saturated heterocycles. The van der Waals surface area contributed by atoms with Crippen LogP contribution in [-0.2, 0) is 4.79 Å². The lowest BCUT2D eigenvalue weighted by atomic mass is 9.46. The Hall–Kier alpha value is -0.710. The van der Waals surface area contributed by atoms with Crippen molar-refractivity contribution in [3.8, 4) is 0 Å². The number of fused-ring (bicyclic) bond motifs is 5. The predicted molar refractivity (Wildman–Crippen MR) is 94.8 cm³/mol. The van der Waals surface area contributed by atoms with Gasteiger partial charge < -0.3 is 15.3 Å². The average Bonchev–Trinajstić information content (AvgIpc) is 2.87. The Bertz CT molecular complexity index is 613. The third-order valence-electron chi connectivity index (χ3n) is 8.90. The Morgan fingerprint density at radius 1 is 1.12 bits per heavy atom. The van der Waals surface area contributed by atoms with Gasteiger partial charge in [0.05, 0.1) is 12.2 Å². The summed E-state index contributed by atoms with van der Waals surface area (Å²) in [4.78, 5) is 11.9. The van der Waals surface area contributed by atoms with E-state index in [0.717, 1.165) is 38.5 Å². The largest absolute Gasteiger partial charge is 0.394 e. The second kappa shape index (κ2) is 5.64. The minimum atomic E-state index is -1.17. The van der Waals surface area contributed by atoms with E-state index in [1.807, 2.05) is 6.08 Å². The van der Waals surface area contributed by atoms with Crippen molar-refractivity contribution in [3.05, 3.63) is 11.6 Å². The number of allylic oxidation sites excluding steroid dienone is 1. The molecule has 0 aliphatic heterocycles. The summed E-state index contributed by atoms with van der Waals surface area (Å²) in [5.74, 6) is 1.81. The third kappa shape index (κ3) is 2.20. The summed E-state index contributed by atoms with van der Waals surface area (Å²) >= 11 is 0. The second-order valence-corrected chi connectivity index (χ2v) is 9.59. The smallest absolute Gasteiger partial charge is 0.155 e. The first-order chi connectivity index (χ1) is 11.8. The van der Waals surface area contributed by atoms with E-state index in [1.165, 1.54) is 5.57 Å². The van der Waals surface area contributed by atoms with Crippen LogP contribution in [0.5, 0.6) is 0 Å². The second-order valence-electron chi connectivity index (χ2n) is 9.59. The lowest BCUT2D eigenvalue weighted by molar-refractivity contribution is -0.184. The summed E-state index contributed by atoms with van der Waals surface area (Å²) in [6, 6.07) is 0. The first-order valence-electron chi connectivity index (χ1n) is 10.0. The van der Waals surface area contributed by atoms with E-state index < -0.39 is 11.7 Å². The van der Waals surface area contributed by atoms with Crippen molar-refractivity contribution in [2.75, 3.05) is 6.61 Å². The average molecular weight is 348 g/mol. The van der Waals surface area contributed by atoms with Crippen LogP contribution in [0.3, 0.4) is 0 Å². The molecule has 4 aliphatic carbocycles. The van der Waals surface area contributed by atoms with E-state index in [-0.39, 0.29) is 23.2 Å². The summed E-state index contributed by atoms with van der Waals surface area (Å²) in [5.41, 5.74) is 0.00120. The highest BCUT2D eigenvalue weighted by atomic mass is 16.4. The van der Waals surface area contributed by atoms with E-state index in [9.17, 15) is 20.1 Å². The molecule has 0 heterocycles. The molecule has 0 amide bonds. The summed E-state index contributed by atoms with van der Waals surface area (Å²) < 4.78 is 0. The van der Waals surface area contributed by atoms with Crippen molar-refractivity contribution < 1.29 is 20.1 Å². The van der Waals surface area contributed by atoms with Gasteiger partial charge >= 0.3 is 0 Å². The van der Waals surface area contributed by atoms with Gasteiger partial charge in [0.15, 0.2) is 5.78 Å².